The molecule has 0 atom stereocenters. The Balaban J connectivity index is 1.85. The fraction of sp³-hybridized carbons (Fsp3) is 0.375. The van der Waals surface area contributed by atoms with Gasteiger partial charge in [-0.15, -0.1) is 0 Å². The second-order valence-corrected chi connectivity index (χ2v) is 5.39. The largest absolute Gasteiger partial charge is 0.337 e. The molecule has 0 bridgehead atoms. The summed E-state index contributed by atoms with van der Waals surface area (Å²) in [4.78, 5) is 18.7. The van der Waals surface area contributed by atoms with Crippen LogP contribution in [-0.4, -0.2) is 28.9 Å². The minimum Gasteiger partial charge on any atom is -0.337 e. The molecule has 0 unspecified atom stereocenters. The average Bonchev–Trinajstić information content (AvgIpc) is 2.47. The van der Waals surface area contributed by atoms with E-state index in [0.717, 1.165) is 42.6 Å². The molecule has 3 heteroatoms. The molecule has 2 aromatic rings. The zero-order valence-electron chi connectivity index (χ0n) is 11.2. The topological polar surface area (TPSA) is 33.2 Å². The van der Waals surface area contributed by atoms with Crippen LogP contribution in [0.25, 0.3) is 10.8 Å². The number of hydrogen-bond donors (Lipinski definition) is 0. The van der Waals surface area contributed by atoms with Crippen LogP contribution in [0.15, 0.2) is 36.5 Å². The lowest BCUT2D eigenvalue weighted by Gasteiger charge is -2.30. The number of benzene rings is 1. The number of rotatable bonds is 1. The maximum absolute atomic E-state index is 12.4. The summed E-state index contributed by atoms with van der Waals surface area (Å²) in [6.45, 7) is 3.96. The van der Waals surface area contributed by atoms with Gasteiger partial charge in [0.15, 0.2) is 0 Å². The molecule has 98 valence electrons. The minimum atomic E-state index is 0.0673. The van der Waals surface area contributed by atoms with Crippen molar-refractivity contribution in [3.8, 4) is 0 Å². The molecule has 0 radical (unpaired) electrons. The predicted molar refractivity (Wildman–Crippen MR) is 76.0 cm³/mol. The summed E-state index contributed by atoms with van der Waals surface area (Å²) >= 11 is 0. The molecular formula is C16H18N2O. The lowest BCUT2D eigenvalue weighted by molar-refractivity contribution is 0.0691. The standard InChI is InChI=1S/C16H18N2O/c1-12-6-8-18(9-7-12)16(19)15-10-13-4-2-3-5-14(13)11-17-15/h2-5,10-12H,6-9H2,1H3. The van der Waals surface area contributed by atoms with Crippen molar-refractivity contribution in [2.75, 3.05) is 13.1 Å². The van der Waals surface area contributed by atoms with E-state index in [1.54, 1.807) is 6.20 Å². The first-order valence-electron chi connectivity index (χ1n) is 6.88. The highest BCUT2D eigenvalue weighted by atomic mass is 16.2. The maximum atomic E-state index is 12.4. The number of amides is 1. The number of pyridine rings is 1. The van der Waals surface area contributed by atoms with E-state index in [-0.39, 0.29) is 5.91 Å². The normalized spacial score (nSPS) is 16.8. The van der Waals surface area contributed by atoms with Crippen LogP contribution < -0.4 is 0 Å². The van der Waals surface area contributed by atoms with Gasteiger partial charge in [-0.25, -0.2) is 0 Å². The molecule has 3 nitrogen and oxygen atoms in total. The van der Waals surface area contributed by atoms with Crippen LogP contribution in [0.2, 0.25) is 0 Å². The first kappa shape index (κ1) is 12.2. The summed E-state index contributed by atoms with van der Waals surface area (Å²) in [7, 11) is 0. The van der Waals surface area contributed by atoms with Crippen molar-refractivity contribution in [1.82, 2.24) is 9.88 Å². The van der Waals surface area contributed by atoms with E-state index in [1.165, 1.54) is 0 Å². The number of hydrogen-bond acceptors (Lipinski definition) is 2. The van der Waals surface area contributed by atoms with Crippen molar-refractivity contribution in [3.63, 3.8) is 0 Å². The highest BCUT2D eigenvalue weighted by Crippen LogP contribution is 2.19. The molecule has 1 saturated heterocycles. The van der Waals surface area contributed by atoms with E-state index in [9.17, 15) is 4.79 Å². The van der Waals surface area contributed by atoms with Gasteiger partial charge in [0, 0.05) is 24.7 Å². The summed E-state index contributed by atoms with van der Waals surface area (Å²) in [5.41, 5.74) is 0.563. The molecule has 1 aromatic heterocycles. The van der Waals surface area contributed by atoms with Gasteiger partial charge < -0.3 is 4.90 Å². The smallest absolute Gasteiger partial charge is 0.272 e. The van der Waals surface area contributed by atoms with Gasteiger partial charge in [0.2, 0.25) is 0 Å². The van der Waals surface area contributed by atoms with Crippen molar-refractivity contribution in [2.24, 2.45) is 5.92 Å². The molecule has 1 aromatic carbocycles. The Morgan fingerprint density at radius 3 is 2.63 bits per heavy atom. The number of aromatic nitrogens is 1. The SMILES string of the molecule is CC1CCN(C(=O)c2cc3ccccc3cn2)CC1. The van der Waals surface area contributed by atoms with E-state index < -0.39 is 0 Å². The van der Waals surface area contributed by atoms with Gasteiger partial charge >= 0.3 is 0 Å². The molecule has 19 heavy (non-hydrogen) atoms. The van der Waals surface area contributed by atoms with Gasteiger partial charge in [-0.1, -0.05) is 31.2 Å². The first-order valence-corrected chi connectivity index (χ1v) is 6.88. The molecule has 0 spiro atoms. The summed E-state index contributed by atoms with van der Waals surface area (Å²) < 4.78 is 0. The molecule has 1 fully saturated rings. The lowest BCUT2D eigenvalue weighted by Crippen LogP contribution is -2.38. The fourth-order valence-corrected chi connectivity index (χ4v) is 2.57. The van der Waals surface area contributed by atoms with Crippen LogP contribution in [0, 0.1) is 5.92 Å². The summed E-state index contributed by atoms with van der Waals surface area (Å²) in [5.74, 6) is 0.797. The van der Waals surface area contributed by atoms with E-state index in [4.69, 9.17) is 0 Å². The van der Waals surface area contributed by atoms with E-state index in [0.29, 0.717) is 5.69 Å². The number of piperidine rings is 1. The maximum Gasteiger partial charge on any atom is 0.272 e. The zero-order valence-corrected chi connectivity index (χ0v) is 11.2. The third kappa shape index (κ3) is 2.46. The number of nitrogens with zero attached hydrogens (tertiary/aromatic N) is 2. The number of fused-ring (bicyclic) bond motifs is 1. The Morgan fingerprint density at radius 1 is 1.21 bits per heavy atom. The molecule has 1 aliphatic heterocycles. The highest BCUT2D eigenvalue weighted by molar-refractivity contribution is 5.96. The Hall–Kier alpha value is -1.90. The summed E-state index contributed by atoms with van der Waals surface area (Å²) in [5, 5.41) is 2.15. The molecule has 0 aliphatic carbocycles. The predicted octanol–water partition coefficient (Wildman–Crippen LogP) is 3.11. The lowest BCUT2D eigenvalue weighted by atomic mass is 9.99. The second kappa shape index (κ2) is 5.00. The van der Waals surface area contributed by atoms with Crippen molar-refractivity contribution in [3.05, 3.63) is 42.2 Å². The van der Waals surface area contributed by atoms with E-state index in [2.05, 4.69) is 11.9 Å². The third-order valence-electron chi connectivity index (χ3n) is 3.92. The third-order valence-corrected chi connectivity index (χ3v) is 3.92. The highest BCUT2D eigenvalue weighted by Gasteiger charge is 2.22. The van der Waals surface area contributed by atoms with Gasteiger partial charge in [-0.05, 0) is 30.2 Å². The monoisotopic (exact) mass is 254 g/mol. The minimum absolute atomic E-state index is 0.0673. The molecular weight excluding hydrogens is 236 g/mol. The molecule has 1 aliphatic rings. The first-order chi connectivity index (χ1) is 9.24. The van der Waals surface area contributed by atoms with Crippen LogP contribution in [0.1, 0.15) is 30.3 Å². The Kier molecular flexibility index (Phi) is 3.20. The van der Waals surface area contributed by atoms with Gasteiger partial charge in [0.25, 0.3) is 5.91 Å². The quantitative estimate of drug-likeness (QED) is 0.783. The van der Waals surface area contributed by atoms with Crippen molar-refractivity contribution >= 4 is 16.7 Å². The van der Waals surface area contributed by atoms with Crippen LogP contribution >= 0.6 is 0 Å². The Labute approximate surface area is 113 Å². The van der Waals surface area contributed by atoms with E-state index in [1.807, 2.05) is 35.2 Å². The molecule has 0 N–H and O–H groups in total. The number of carbonyl (C=O) groups is 1. The van der Waals surface area contributed by atoms with Crippen molar-refractivity contribution in [2.45, 2.75) is 19.8 Å². The fourth-order valence-electron chi connectivity index (χ4n) is 2.57. The van der Waals surface area contributed by atoms with Gasteiger partial charge in [0.1, 0.15) is 5.69 Å². The molecule has 2 heterocycles. The van der Waals surface area contributed by atoms with Gasteiger partial charge in [-0.3, -0.25) is 9.78 Å². The zero-order chi connectivity index (χ0) is 13.2. The Bertz CT molecular complexity index is 600. The van der Waals surface area contributed by atoms with Crippen LogP contribution in [0.4, 0.5) is 0 Å². The van der Waals surface area contributed by atoms with Crippen molar-refractivity contribution < 1.29 is 4.79 Å². The van der Waals surface area contributed by atoms with Crippen LogP contribution in [0.5, 0.6) is 0 Å². The summed E-state index contributed by atoms with van der Waals surface area (Å²) in [6.07, 6.45) is 3.98. The molecule has 0 saturated carbocycles. The van der Waals surface area contributed by atoms with Gasteiger partial charge in [-0.2, -0.15) is 0 Å². The molecule has 1 amide bonds. The molecule has 3 rings (SSSR count). The number of carbonyl (C=O) groups excluding carboxylic acids is 1. The van der Waals surface area contributed by atoms with E-state index >= 15 is 0 Å². The average molecular weight is 254 g/mol. The van der Waals surface area contributed by atoms with Crippen molar-refractivity contribution in [1.29, 1.82) is 0 Å². The summed E-state index contributed by atoms with van der Waals surface area (Å²) in [6, 6.07) is 9.90. The van der Waals surface area contributed by atoms with Gasteiger partial charge in [0.05, 0.1) is 0 Å². The van der Waals surface area contributed by atoms with Crippen LogP contribution in [-0.2, 0) is 0 Å². The second-order valence-electron chi connectivity index (χ2n) is 5.39. The number of likely N-dealkylation sites (tertiary alicyclic amines) is 1. The Morgan fingerprint density at radius 2 is 1.89 bits per heavy atom. The van der Waals surface area contributed by atoms with Crippen LogP contribution in [0.3, 0.4) is 0 Å².